The summed E-state index contributed by atoms with van der Waals surface area (Å²) in [7, 11) is -3.56. The fourth-order valence-electron chi connectivity index (χ4n) is 2.04. The molecule has 1 aromatic heterocycles. The molecule has 2 aromatic rings. The molecule has 0 spiro atoms. The van der Waals surface area contributed by atoms with Crippen LogP contribution in [0.3, 0.4) is 0 Å². The van der Waals surface area contributed by atoms with Gasteiger partial charge in [0.1, 0.15) is 12.2 Å². The van der Waals surface area contributed by atoms with Crippen molar-refractivity contribution in [1.82, 2.24) is 19.1 Å². The molecule has 1 aromatic carbocycles. The van der Waals surface area contributed by atoms with Gasteiger partial charge in [-0.1, -0.05) is 11.6 Å². The lowest BCUT2D eigenvalue weighted by atomic mass is 10.4. The number of hydrogen-bond acceptors (Lipinski definition) is 4. The van der Waals surface area contributed by atoms with E-state index >= 15 is 0 Å². The van der Waals surface area contributed by atoms with Crippen molar-refractivity contribution in [2.24, 2.45) is 0 Å². The summed E-state index contributed by atoms with van der Waals surface area (Å²) in [5, 5.41) is 8.18. The molecule has 2 heterocycles. The molecule has 1 aliphatic rings. The van der Waals surface area contributed by atoms with Crippen LogP contribution in [0, 0.1) is 0 Å². The van der Waals surface area contributed by atoms with Crippen molar-refractivity contribution in [3.8, 4) is 0 Å². The second kappa shape index (κ2) is 5.10. The molecule has 0 unspecified atom stereocenters. The third-order valence-electron chi connectivity index (χ3n) is 3.13. The van der Waals surface area contributed by atoms with Gasteiger partial charge in [0.05, 0.1) is 16.5 Å². The Hall–Kier alpha value is -0.960. The summed E-state index contributed by atoms with van der Waals surface area (Å²) in [6, 6.07) is 4.57. The molecule has 6 nitrogen and oxygen atoms in total. The third kappa shape index (κ3) is 2.37. The van der Waals surface area contributed by atoms with Gasteiger partial charge in [-0.3, -0.25) is 0 Å². The number of sulfonamides is 1. The zero-order valence-electron chi connectivity index (χ0n) is 10.2. The highest BCUT2D eigenvalue weighted by Crippen LogP contribution is 2.28. The van der Waals surface area contributed by atoms with Gasteiger partial charge in [0.15, 0.2) is 0 Å². The fraction of sp³-hybridized carbons (Fsp3) is 0.273. The van der Waals surface area contributed by atoms with Crippen LogP contribution < -0.4 is 0 Å². The number of nitrogens with zero attached hydrogens (tertiary/aromatic N) is 4. The Balaban J connectivity index is 1.95. The molecule has 0 aliphatic carbocycles. The van der Waals surface area contributed by atoms with Crippen molar-refractivity contribution in [3.05, 3.63) is 39.8 Å². The molecular weight excluding hydrogens is 368 g/mol. The van der Waals surface area contributed by atoms with Gasteiger partial charge in [-0.2, -0.15) is 4.31 Å². The first-order chi connectivity index (χ1) is 9.48. The topological polar surface area (TPSA) is 68.1 Å². The third-order valence-corrected chi connectivity index (χ3v) is 6.19. The Labute approximate surface area is 129 Å². The highest BCUT2D eigenvalue weighted by Gasteiger charge is 2.29. The molecule has 0 bridgehead atoms. The maximum absolute atomic E-state index is 12.6. The molecule has 0 N–H and O–H groups in total. The van der Waals surface area contributed by atoms with Crippen LogP contribution in [0.1, 0.15) is 5.82 Å². The van der Waals surface area contributed by atoms with Crippen LogP contribution in [0.15, 0.2) is 33.9 Å². The maximum Gasteiger partial charge on any atom is 0.243 e. The maximum atomic E-state index is 12.6. The second-order valence-corrected chi connectivity index (χ2v) is 7.55. The normalized spacial score (nSPS) is 16.1. The molecule has 106 valence electrons. The van der Waals surface area contributed by atoms with Gasteiger partial charge in [0.25, 0.3) is 0 Å². The van der Waals surface area contributed by atoms with E-state index in [9.17, 15) is 8.42 Å². The van der Waals surface area contributed by atoms with Crippen LogP contribution in [-0.2, 0) is 23.1 Å². The molecule has 9 heteroatoms. The van der Waals surface area contributed by atoms with Gasteiger partial charge in [-0.15, -0.1) is 10.2 Å². The Bertz CT molecular complexity index is 762. The van der Waals surface area contributed by atoms with E-state index < -0.39 is 10.0 Å². The van der Waals surface area contributed by atoms with Gasteiger partial charge in [-0.25, -0.2) is 8.42 Å². The van der Waals surface area contributed by atoms with Gasteiger partial charge < -0.3 is 4.57 Å². The summed E-state index contributed by atoms with van der Waals surface area (Å²) >= 11 is 9.13. The Kier molecular flexibility index (Phi) is 3.57. The first-order valence-electron chi connectivity index (χ1n) is 5.80. The SMILES string of the molecule is O=S(=O)(c1ccc(Cl)c(Br)c1)N1CCn2cnnc2C1. The predicted octanol–water partition coefficient (Wildman–Crippen LogP) is 1.90. The van der Waals surface area contributed by atoms with E-state index in [1.54, 1.807) is 12.4 Å². The summed E-state index contributed by atoms with van der Waals surface area (Å²) in [5.74, 6) is 0.646. The highest BCUT2D eigenvalue weighted by atomic mass is 79.9. The molecule has 0 atom stereocenters. The van der Waals surface area contributed by atoms with Crippen LogP contribution in [-0.4, -0.2) is 34.0 Å². The number of hydrogen-bond donors (Lipinski definition) is 0. The first-order valence-corrected chi connectivity index (χ1v) is 8.41. The lowest BCUT2D eigenvalue weighted by Crippen LogP contribution is -2.38. The van der Waals surface area contributed by atoms with Crippen molar-refractivity contribution in [2.75, 3.05) is 6.54 Å². The quantitative estimate of drug-likeness (QED) is 0.801. The number of rotatable bonds is 2. The summed E-state index contributed by atoms with van der Waals surface area (Å²) in [4.78, 5) is 0.210. The smallest absolute Gasteiger partial charge is 0.243 e. The van der Waals surface area contributed by atoms with E-state index in [2.05, 4.69) is 26.1 Å². The molecule has 0 saturated heterocycles. The number of aromatic nitrogens is 3. The van der Waals surface area contributed by atoms with E-state index in [-0.39, 0.29) is 11.4 Å². The van der Waals surface area contributed by atoms with Crippen LogP contribution in [0.5, 0.6) is 0 Å². The predicted molar refractivity (Wildman–Crippen MR) is 76.8 cm³/mol. The van der Waals surface area contributed by atoms with E-state index in [0.717, 1.165) is 0 Å². The number of fused-ring (bicyclic) bond motifs is 1. The highest BCUT2D eigenvalue weighted by molar-refractivity contribution is 9.10. The molecule has 20 heavy (non-hydrogen) atoms. The Morgan fingerprint density at radius 3 is 2.85 bits per heavy atom. The minimum absolute atomic E-state index is 0.210. The minimum atomic E-state index is -3.56. The van der Waals surface area contributed by atoms with Crippen molar-refractivity contribution in [2.45, 2.75) is 18.0 Å². The number of benzene rings is 1. The summed E-state index contributed by atoms with van der Waals surface area (Å²) in [6.07, 6.45) is 1.61. The first kappa shape index (κ1) is 14.0. The molecule has 1 aliphatic heterocycles. The van der Waals surface area contributed by atoms with Crippen LogP contribution in [0.25, 0.3) is 0 Å². The molecular formula is C11H10BrClN4O2S. The van der Waals surface area contributed by atoms with Gasteiger partial charge >= 0.3 is 0 Å². The van der Waals surface area contributed by atoms with Gasteiger partial charge in [0.2, 0.25) is 10.0 Å². The lowest BCUT2D eigenvalue weighted by Gasteiger charge is -2.26. The largest absolute Gasteiger partial charge is 0.315 e. The molecule has 3 rings (SSSR count). The van der Waals surface area contributed by atoms with Crippen LogP contribution in [0.2, 0.25) is 5.02 Å². The zero-order valence-corrected chi connectivity index (χ0v) is 13.4. The van der Waals surface area contributed by atoms with E-state index in [1.165, 1.54) is 16.4 Å². The molecule has 0 saturated carbocycles. The van der Waals surface area contributed by atoms with Gasteiger partial charge in [-0.05, 0) is 34.1 Å². The Morgan fingerprint density at radius 2 is 2.10 bits per heavy atom. The summed E-state index contributed by atoms with van der Waals surface area (Å²) < 4.78 is 29.0. The van der Waals surface area contributed by atoms with Crippen molar-refractivity contribution in [1.29, 1.82) is 0 Å². The minimum Gasteiger partial charge on any atom is -0.315 e. The Morgan fingerprint density at radius 1 is 1.30 bits per heavy atom. The average Bonchev–Trinajstić information content (AvgIpc) is 2.89. The average molecular weight is 378 g/mol. The zero-order chi connectivity index (χ0) is 14.3. The van der Waals surface area contributed by atoms with E-state index in [4.69, 9.17) is 11.6 Å². The molecule has 0 radical (unpaired) electrons. The van der Waals surface area contributed by atoms with Crippen molar-refractivity contribution in [3.63, 3.8) is 0 Å². The summed E-state index contributed by atoms with van der Waals surface area (Å²) in [5.41, 5.74) is 0. The van der Waals surface area contributed by atoms with E-state index in [0.29, 0.717) is 28.4 Å². The van der Waals surface area contributed by atoms with Crippen molar-refractivity contribution >= 4 is 37.6 Å². The van der Waals surface area contributed by atoms with E-state index in [1.807, 2.05) is 4.57 Å². The number of halogens is 2. The molecule has 0 amide bonds. The summed E-state index contributed by atoms with van der Waals surface area (Å²) in [6.45, 7) is 1.17. The van der Waals surface area contributed by atoms with Crippen LogP contribution in [0.4, 0.5) is 0 Å². The standard InChI is InChI=1S/C11H10BrClN4O2S/c12-9-5-8(1-2-10(9)13)20(18,19)17-4-3-16-7-14-15-11(16)6-17/h1-2,5,7H,3-4,6H2. The fourth-order valence-corrected chi connectivity index (χ4v) is 4.10. The van der Waals surface area contributed by atoms with Gasteiger partial charge in [0, 0.05) is 17.6 Å². The van der Waals surface area contributed by atoms with Crippen molar-refractivity contribution < 1.29 is 8.42 Å². The lowest BCUT2D eigenvalue weighted by molar-refractivity contribution is 0.335. The monoisotopic (exact) mass is 376 g/mol. The molecule has 0 fully saturated rings. The van der Waals surface area contributed by atoms with Crippen LogP contribution >= 0.6 is 27.5 Å². The second-order valence-electron chi connectivity index (χ2n) is 4.36.